The maximum atomic E-state index is 14.5. The van der Waals surface area contributed by atoms with Crippen molar-refractivity contribution in [2.24, 2.45) is 0 Å². The molecule has 0 amide bonds. The highest BCUT2D eigenvalue weighted by atomic mass is 32.1. The smallest absolute Gasteiger partial charge is 0.344 e. The van der Waals surface area contributed by atoms with Crippen molar-refractivity contribution in [3.63, 3.8) is 0 Å². The van der Waals surface area contributed by atoms with Crippen LogP contribution >= 0.6 is 22.7 Å². The molecule has 0 radical (unpaired) electrons. The van der Waals surface area contributed by atoms with Gasteiger partial charge in [-0.05, 0) is 74.2 Å². The van der Waals surface area contributed by atoms with Crippen LogP contribution in [-0.2, 0) is 23.8 Å². The van der Waals surface area contributed by atoms with Crippen LogP contribution in [0.4, 0.5) is 8.78 Å². The van der Waals surface area contributed by atoms with Gasteiger partial charge in [0.15, 0.2) is 24.1 Å². The lowest BCUT2D eigenvalue weighted by Gasteiger charge is -2.11. The first kappa shape index (κ1) is 35.8. The molecule has 0 saturated carbocycles. The van der Waals surface area contributed by atoms with E-state index in [1.54, 1.807) is 48.5 Å². The van der Waals surface area contributed by atoms with Gasteiger partial charge in [0.05, 0.1) is 33.4 Å². The van der Waals surface area contributed by atoms with Crippen LogP contribution in [0.15, 0.2) is 82.4 Å². The van der Waals surface area contributed by atoms with Crippen LogP contribution in [0.1, 0.15) is 25.7 Å². The van der Waals surface area contributed by atoms with Crippen molar-refractivity contribution >= 4 is 75.0 Å². The zero-order valence-electron chi connectivity index (χ0n) is 27.2. The number of carbonyl (C=O) groups is 2. The molecular formula is C38H32F2O9S2. The average molecular weight is 735 g/mol. The number of fused-ring (bicyclic) bond motifs is 4. The van der Waals surface area contributed by atoms with Gasteiger partial charge in [0.2, 0.25) is 0 Å². The van der Waals surface area contributed by atoms with E-state index in [4.69, 9.17) is 23.7 Å². The Morgan fingerprint density at radius 2 is 0.961 bits per heavy atom. The zero-order valence-corrected chi connectivity index (χ0v) is 28.9. The summed E-state index contributed by atoms with van der Waals surface area (Å²) in [6, 6.07) is 19.0. The Morgan fingerprint density at radius 3 is 1.41 bits per heavy atom. The maximum Gasteiger partial charge on any atom is 0.344 e. The standard InChI is InChI=1S/C38H32F2O9S2/c39-25-13-15-27(37-33(25)35(43)23-9-1-3-11-29(23)50-37)48-21-31(41)46-19-7-5-17-45-18-6-8-20-47-32(42)22-49-28-16-14-26(40)34-36(44)24-10-2-4-12-30(24)51-38(28)34/h1-4,9-16H,5-8,17-22H2. The fourth-order valence-electron chi connectivity index (χ4n) is 5.35. The van der Waals surface area contributed by atoms with Crippen LogP contribution in [0.25, 0.3) is 40.3 Å². The second kappa shape index (κ2) is 16.8. The van der Waals surface area contributed by atoms with E-state index in [1.165, 1.54) is 34.8 Å². The zero-order chi connectivity index (χ0) is 35.7. The van der Waals surface area contributed by atoms with Gasteiger partial charge in [-0.1, -0.05) is 24.3 Å². The minimum Gasteiger partial charge on any atom is -0.480 e. The molecule has 0 saturated heterocycles. The fraction of sp³-hybridized carbons (Fsp3) is 0.263. The van der Waals surface area contributed by atoms with E-state index in [0.29, 0.717) is 68.5 Å². The number of hydrogen-bond donors (Lipinski definition) is 0. The molecule has 4 aromatic carbocycles. The highest BCUT2D eigenvalue weighted by Crippen LogP contribution is 2.34. The van der Waals surface area contributed by atoms with E-state index in [1.807, 2.05) is 0 Å². The second-order valence-electron chi connectivity index (χ2n) is 11.4. The molecule has 0 aliphatic heterocycles. The summed E-state index contributed by atoms with van der Waals surface area (Å²) in [5, 5.41) is 0.716. The van der Waals surface area contributed by atoms with E-state index in [-0.39, 0.29) is 48.7 Å². The number of rotatable bonds is 16. The molecule has 0 atom stereocenters. The van der Waals surface area contributed by atoms with E-state index < -0.39 is 34.4 Å². The minimum atomic E-state index is -0.645. The topological polar surface area (TPSA) is 114 Å². The van der Waals surface area contributed by atoms with Gasteiger partial charge in [0, 0.05) is 33.4 Å². The normalized spacial score (nSPS) is 11.3. The highest BCUT2D eigenvalue weighted by molar-refractivity contribution is 7.25. The molecule has 9 nitrogen and oxygen atoms in total. The minimum absolute atomic E-state index is 0.0663. The molecule has 13 heteroatoms. The molecular weight excluding hydrogens is 703 g/mol. The fourth-order valence-corrected chi connectivity index (χ4v) is 7.67. The Morgan fingerprint density at radius 1 is 0.549 bits per heavy atom. The third-order valence-electron chi connectivity index (χ3n) is 7.87. The largest absolute Gasteiger partial charge is 0.480 e. The lowest BCUT2D eigenvalue weighted by molar-refractivity contribution is -0.146. The second-order valence-corrected chi connectivity index (χ2v) is 13.5. The summed E-state index contributed by atoms with van der Waals surface area (Å²) in [6.45, 7) is 0.506. The van der Waals surface area contributed by atoms with Gasteiger partial charge in [-0.3, -0.25) is 9.59 Å². The van der Waals surface area contributed by atoms with Crippen molar-refractivity contribution in [3.05, 3.63) is 105 Å². The molecule has 0 spiro atoms. The third-order valence-corrected chi connectivity index (χ3v) is 10.2. The quantitative estimate of drug-likeness (QED) is 0.0565. The van der Waals surface area contributed by atoms with Crippen LogP contribution in [0.5, 0.6) is 11.5 Å². The maximum absolute atomic E-state index is 14.5. The molecule has 0 N–H and O–H groups in total. The molecule has 0 bridgehead atoms. The number of esters is 2. The van der Waals surface area contributed by atoms with Crippen molar-refractivity contribution in [1.29, 1.82) is 0 Å². The van der Waals surface area contributed by atoms with Gasteiger partial charge in [-0.25, -0.2) is 18.4 Å². The Bertz CT molecular complexity index is 2170. The Labute approximate surface area is 297 Å². The lowest BCUT2D eigenvalue weighted by atomic mass is 10.1. The van der Waals surface area contributed by atoms with Crippen LogP contribution in [0, 0.1) is 11.6 Å². The highest BCUT2D eigenvalue weighted by Gasteiger charge is 2.17. The number of ether oxygens (including phenoxy) is 5. The Kier molecular flexibility index (Phi) is 11.8. The molecule has 0 unspecified atom stereocenters. The number of unbranched alkanes of at least 4 members (excludes halogenated alkanes) is 2. The summed E-state index contributed by atoms with van der Waals surface area (Å²) < 4.78 is 58.4. The van der Waals surface area contributed by atoms with E-state index >= 15 is 0 Å². The predicted octanol–water partition coefficient (Wildman–Crippen LogP) is 7.54. The van der Waals surface area contributed by atoms with E-state index in [9.17, 15) is 28.0 Å². The first-order valence-corrected chi connectivity index (χ1v) is 17.9. The predicted molar refractivity (Wildman–Crippen MR) is 193 cm³/mol. The van der Waals surface area contributed by atoms with Crippen LogP contribution in [0.2, 0.25) is 0 Å². The first-order valence-electron chi connectivity index (χ1n) is 16.2. The number of carbonyl (C=O) groups excluding carboxylic acids is 2. The molecule has 0 aliphatic carbocycles. The molecule has 2 heterocycles. The van der Waals surface area contributed by atoms with E-state index in [0.717, 1.165) is 12.1 Å². The van der Waals surface area contributed by atoms with Crippen molar-refractivity contribution in [2.45, 2.75) is 25.7 Å². The number of halogens is 2. The Balaban J connectivity index is 0.830. The van der Waals surface area contributed by atoms with Gasteiger partial charge < -0.3 is 23.7 Å². The van der Waals surface area contributed by atoms with Crippen molar-refractivity contribution in [2.75, 3.05) is 39.6 Å². The molecule has 0 fully saturated rings. The van der Waals surface area contributed by atoms with Gasteiger partial charge in [0.25, 0.3) is 0 Å². The van der Waals surface area contributed by atoms with Crippen molar-refractivity contribution in [3.8, 4) is 11.5 Å². The summed E-state index contributed by atoms with van der Waals surface area (Å²) in [5.41, 5.74) is -0.850. The Hall–Kier alpha value is -4.98. The summed E-state index contributed by atoms with van der Waals surface area (Å²) in [5.74, 6) is -1.99. The average Bonchev–Trinajstić information content (AvgIpc) is 3.13. The molecule has 0 aliphatic rings. The monoisotopic (exact) mass is 734 g/mol. The molecule has 264 valence electrons. The van der Waals surface area contributed by atoms with Gasteiger partial charge >= 0.3 is 11.9 Å². The summed E-state index contributed by atoms with van der Waals surface area (Å²) in [4.78, 5) is 50.2. The summed E-state index contributed by atoms with van der Waals surface area (Å²) in [6.07, 6.45) is 2.47. The molecule has 51 heavy (non-hydrogen) atoms. The van der Waals surface area contributed by atoms with Crippen molar-refractivity contribution in [1.82, 2.24) is 0 Å². The van der Waals surface area contributed by atoms with Crippen LogP contribution in [-0.4, -0.2) is 51.6 Å². The third kappa shape index (κ3) is 8.50. The molecule has 2 aromatic heterocycles. The van der Waals surface area contributed by atoms with E-state index in [2.05, 4.69) is 0 Å². The van der Waals surface area contributed by atoms with Gasteiger partial charge in [-0.15, -0.1) is 22.7 Å². The number of hydrogen-bond acceptors (Lipinski definition) is 11. The molecule has 6 rings (SSSR count). The summed E-state index contributed by atoms with van der Waals surface area (Å²) >= 11 is 2.44. The molecule has 6 aromatic rings. The van der Waals surface area contributed by atoms with Crippen LogP contribution < -0.4 is 20.3 Å². The van der Waals surface area contributed by atoms with Crippen molar-refractivity contribution < 1.29 is 42.1 Å². The summed E-state index contributed by atoms with van der Waals surface area (Å²) in [7, 11) is 0. The first-order chi connectivity index (χ1) is 24.8. The number of benzene rings is 4. The lowest BCUT2D eigenvalue weighted by Crippen LogP contribution is -2.16. The SMILES string of the molecule is O=C(COc1ccc(F)c2c(=O)c3ccccc3sc12)OCCCCOCCCCOC(=O)COc1ccc(F)c2c(=O)c3ccccc3sc12. The van der Waals surface area contributed by atoms with Gasteiger partial charge in [-0.2, -0.15) is 0 Å². The van der Waals surface area contributed by atoms with Gasteiger partial charge in [0.1, 0.15) is 23.1 Å². The van der Waals surface area contributed by atoms with Crippen LogP contribution in [0.3, 0.4) is 0 Å².